The Morgan fingerprint density at radius 3 is 2.79 bits per heavy atom. The number of anilines is 1. The number of rotatable bonds is 2. The Balaban J connectivity index is 2.55. The van der Waals surface area contributed by atoms with E-state index in [4.69, 9.17) is 5.73 Å². The number of benzene rings is 1. The summed E-state index contributed by atoms with van der Waals surface area (Å²) < 4.78 is 25.9. The number of alkyl halides is 2. The van der Waals surface area contributed by atoms with Gasteiger partial charge in [-0.15, -0.1) is 0 Å². The average molecular weight is 196 g/mol. The minimum Gasteiger partial charge on any atom is -0.397 e. The number of nitrogens with zero attached hydrogens (tertiary/aromatic N) is 1. The van der Waals surface area contributed by atoms with Gasteiger partial charge in [0, 0.05) is 11.6 Å². The summed E-state index contributed by atoms with van der Waals surface area (Å²) in [7, 11) is 0. The van der Waals surface area contributed by atoms with Gasteiger partial charge in [-0.05, 0) is 12.1 Å². The minimum atomic E-state index is -2.36. The van der Waals surface area contributed by atoms with Crippen LogP contribution in [0.2, 0.25) is 0 Å². The lowest BCUT2D eigenvalue weighted by Crippen LogP contribution is -2.05. The van der Waals surface area contributed by atoms with Crippen LogP contribution in [0.25, 0.3) is 10.9 Å². The van der Waals surface area contributed by atoms with E-state index in [1.54, 1.807) is 18.3 Å². The molecule has 0 unspecified atom stereocenters. The van der Waals surface area contributed by atoms with Gasteiger partial charge in [-0.1, -0.05) is 12.1 Å². The zero-order valence-corrected chi connectivity index (χ0v) is 7.45. The first-order valence-electron chi connectivity index (χ1n) is 4.30. The molecule has 2 nitrogen and oxygen atoms in total. The number of hydrogen-bond donors (Lipinski definition) is 1. The zero-order chi connectivity index (χ0) is 10.1. The molecule has 0 radical (unpaired) electrons. The second-order valence-electron chi connectivity index (χ2n) is 3.14. The monoisotopic (exact) mass is 196 g/mol. The van der Waals surface area contributed by atoms with Crippen molar-refractivity contribution in [2.24, 2.45) is 0 Å². The molecule has 2 N–H and O–H groups in total. The van der Waals surface area contributed by atoms with E-state index in [9.17, 15) is 8.78 Å². The van der Waals surface area contributed by atoms with E-state index < -0.39 is 6.43 Å². The van der Waals surface area contributed by atoms with Crippen molar-refractivity contribution in [3.8, 4) is 0 Å². The van der Waals surface area contributed by atoms with Crippen LogP contribution in [0, 0.1) is 0 Å². The maximum absolute atomic E-state index is 12.2. The zero-order valence-electron chi connectivity index (χ0n) is 7.45. The van der Waals surface area contributed by atoms with Gasteiger partial charge in [0.1, 0.15) is 0 Å². The van der Waals surface area contributed by atoms with Gasteiger partial charge in [0.05, 0.1) is 17.7 Å². The van der Waals surface area contributed by atoms with Crippen LogP contribution in [0.4, 0.5) is 14.5 Å². The van der Waals surface area contributed by atoms with Crippen LogP contribution in [-0.2, 0) is 6.54 Å². The SMILES string of the molecule is Nc1cccc2ccn(CC(F)F)c12. The third kappa shape index (κ3) is 1.43. The van der Waals surface area contributed by atoms with Crippen molar-refractivity contribution in [3.63, 3.8) is 0 Å². The molecule has 0 aliphatic heterocycles. The van der Waals surface area contributed by atoms with Crippen molar-refractivity contribution in [1.29, 1.82) is 0 Å². The summed E-state index contributed by atoms with van der Waals surface area (Å²) in [6.45, 7) is -0.308. The number of para-hydroxylation sites is 1. The van der Waals surface area contributed by atoms with E-state index in [2.05, 4.69) is 0 Å². The Morgan fingerprint density at radius 1 is 1.29 bits per heavy atom. The van der Waals surface area contributed by atoms with Crippen LogP contribution < -0.4 is 5.73 Å². The number of halogens is 2. The molecule has 1 aromatic carbocycles. The summed E-state index contributed by atoms with van der Waals surface area (Å²) in [5.41, 5.74) is 6.93. The highest BCUT2D eigenvalue weighted by Gasteiger charge is 2.08. The molecular weight excluding hydrogens is 186 g/mol. The summed E-state index contributed by atoms with van der Waals surface area (Å²) in [6, 6.07) is 7.16. The van der Waals surface area contributed by atoms with Crippen molar-refractivity contribution in [2.45, 2.75) is 13.0 Å². The minimum absolute atomic E-state index is 0.308. The van der Waals surface area contributed by atoms with Gasteiger partial charge in [-0.2, -0.15) is 0 Å². The van der Waals surface area contributed by atoms with Gasteiger partial charge >= 0.3 is 0 Å². The molecule has 0 atom stereocenters. The standard InChI is InChI=1S/C10H10F2N2/c11-9(12)6-14-5-4-7-2-1-3-8(13)10(7)14/h1-5,9H,6,13H2. The van der Waals surface area contributed by atoms with Crippen LogP contribution in [-0.4, -0.2) is 11.0 Å². The van der Waals surface area contributed by atoms with Crippen molar-refractivity contribution in [3.05, 3.63) is 30.5 Å². The Hall–Kier alpha value is -1.58. The van der Waals surface area contributed by atoms with Crippen molar-refractivity contribution in [2.75, 3.05) is 5.73 Å². The molecule has 0 bridgehead atoms. The summed E-state index contributed by atoms with van der Waals surface area (Å²) >= 11 is 0. The normalized spacial score (nSPS) is 11.4. The van der Waals surface area contributed by atoms with Crippen LogP contribution in [0.3, 0.4) is 0 Å². The molecule has 1 heterocycles. The quantitative estimate of drug-likeness (QED) is 0.735. The van der Waals surface area contributed by atoms with Crippen molar-refractivity contribution in [1.82, 2.24) is 4.57 Å². The van der Waals surface area contributed by atoms with Crippen LogP contribution in [0.5, 0.6) is 0 Å². The van der Waals surface area contributed by atoms with E-state index in [0.29, 0.717) is 11.2 Å². The molecule has 0 fully saturated rings. The maximum Gasteiger partial charge on any atom is 0.256 e. The molecule has 0 aliphatic carbocycles. The maximum atomic E-state index is 12.2. The second kappa shape index (κ2) is 3.29. The Morgan fingerprint density at radius 2 is 2.07 bits per heavy atom. The van der Waals surface area contributed by atoms with E-state index in [1.165, 1.54) is 4.57 Å². The van der Waals surface area contributed by atoms with Gasteiger partial charge in [0.15, 0.2) is 0 Å². The summed E-state index contributed by atoms with van der Waals surface area (Å²) in [6.07, 6.45) is -0.724. The number of fused-ring (bicyclic) bond motifs is 1. The molecule has 2 aromatic rings. The molecule has 74 valence electrons. The van der Waals surface area contributed by atoms with Crippen LogP contribution in [0.1, 0.15) is 0 Å². The topological polar surface area (TPSA) is 30.9 Å². The molecule has 14 heavy (non-hydrogen) atoms. The lowest BCUT2D eigenvalue weighted by atomic mass is 10.2. The fourth-order valence-electron chi connectivity index (χ4n) is 1.59. The molecule has 0 spiro atoms. The average Bonchev–Trinajstić information content (AvgIpc) is 2.49. The van der Waals surface area contributed by atoms with Crippen LogP contribution in [0.15, 0.2) is 30.5 Å². The molecule has 4 heteroatoms. The van der Waals surface area contributed by atoms with Gasteiger partial charge in [0.25, 0.3) is 6.43 Å². The number of nitrogen functional groups attached to an aromatic ring is 1. The Kier molecular flexibility index (Phi) is 2.11. The molecule has 2 rings (SSSR count). The largest absolute Gasteiger partial charge is 0.397 e. The first-order chi connectivity index (χ1) is 6.68. The van der Waals surface area contributed by atoms with Crippen LogP contribution >= 0.6 is 0 Å². The highest BCUT2D eigenvalue weighted by Crippen LogP contribution is 2.22. The smallest absolute Gasteiger partial charge is 0.256 e. The fraction of sp³-hybridized carbons (Fsp3) is 0.200. The van der Waals surface area contributed by atoms with Gasteiger partial charge in [0.2, 0.25) is 0 Å². The summed E-state index contributed by atoms with van der Waals surface area (Å²) in [5.74, 6) is 0. The first kappa shape index (κ1) is 8.99. The van der Waals surface area contributed by atoms with E-state index in [0.717, 1.165) is 5.39 Å². The number of hydrogen-bond acceptors (Lipinski definition) is 1. The molecule has 0 saturated carbocycles. The van der Waals surface area contributed by atoms with E-state index in [-0.39, 0.29) is 6.54 Å². The van der Waals surface area contributed by atoms with Crippen molar-refractivity contribution < 1.29 is 8.78 Å². The van der Waals surface area contributed by atoms with Crippen molar-refractivity contribution >= 4 is 16.6 Å². The molecule has 1 aromatic heterocycles. The fourth-order valence-corrected chi connectivity index (χ4v) is 1.59. The molecule has 0 aliphatic rings. The second-order valence-corrected chi connectivity index (χ2v) is 3.14. The van der Waals surface area contributed by atoms with E-state index in [1.807, 2.05) is 12.1 Å². The van der Waals surface area contributed by atoms with Gasteiger partial charge < -0.3 is 10.3 Å². The third-order valence-corrected chi connectivity index (χ3v) is 2.15. The first-order valence-corrected chi connectivity index (χ1v) is 4.30. The lowest BCUT2D eigenvalue weighted by molar-refractivity contribution is 0.128. The predicted molar refractivity (Wildman–Crippen MR) is 52.4 cm³/mol. The van der Waals surface area contributed by atoms with E-state index >= 15 is 0 Å². The number of aromatic nitrogens is 1. The Labute approximate surface area is 79.9 Å². The molecule has 0 amide bonds. The number of nitrogens with two attached hydrogens (primary N) is 1. The summed E-state index contributed by atoms with van der Waals surface area (Å²) in [5, 5.41) is 0.894. The predicted octanol–water partition coefficient (Wildman–Crippen LogP) is 2.49. The lowest BCUT2D eigenvalue weighted by Gasteiger charge is -2.05. The summed E-state index contributed by atoms with van der Waals surface area (Å²) in [4.78, 5) is 0. The van der Waals surface area contributed by atoms with Gasteiger partial charge in [-0.25, -0.2) is 8.78 Å². The highest BCUT2D eigenvalue weighted by atomic mass is 19.3. The Bertz CT molecular complexity index is 448. The van der Waals surface area contributed by atoms with Gasteiger partial charge in [-0.3, -0.25) is 0 Å². The third-order valence-electron chi connectivity index (χ3n) is 2.15. The molecular formula is C10H10F2N2. The molecule has 0 saturated heterocycles. The highest BCUT2D eigenvalue weighted by molar-refractivity contribution is 5.90.